The maximum absolute atomic E-state index is 12.0. The number of anilines is 1. The van der Waals surface area contributed by atoms with Crippen molar-refractivity contribution in [3.8, 4) is 0 Å². The third-order valence-electron chi connectivity index (χ3n) is 2.64. The van der Waals surface area contributed by atoms with Crippen LogP contribution in [-0.2, 0) is 4.79 Å². The monoisotopic (exact) mass is 269 g/mol. The summed E-state index contributed by atoms with van der Waals surface area (Å²) in [6, 6.07) is 15.1. The molecule has 0 unspecified atom stereocenters. The van der Waals surface area contributed by atoms with Crippen LogP contribution in [0, 0.1) is 0 Å². The fourth-order valence-corrected chi connectivity index (χ4v) is 2.67. The molecule has 2 aromatic rings. The molecule has 1 saturated heterocycles. The number of aromatic nitrogens is 1. The van der Waals surface area contributed by atoms with Crippen molar-refractivity contribution in [1.29, 1.82) is 0 Å². The Labute approximate surface area is 115 Å². The van der Waals surface area contributed by atoms with Crippen molar-refractivity contribution in [2.24, 2.45) is 4.99 Å². The zero-order valence-corrected chi connectivity index (χ0v) is 10.9. The number of carbonyl (C=O) groups excluding carboxylic acids is 1. The molecule has 3 rings (SSSR count). The maximum atomic E-state index is 12.0. The van der Waals surface area contributed by atoms with E-state index in [2.05, 4.69) is 9.98 Å². The molecule has 4 nitrogen and oxygen atoms in total. The third kappa shape index (κ3) is 2.51. The van der Waals surface area contributed by atoms with Gasteiger partial charge < -0.3 is 0 Å². The van der Waals surface area contributed by atoms with Crippen LogP contribution in [0.3, 0.4) is 0 Å². The van der Waals surface area contributed by atoms with Gasteiger partial charge in [-0.2, -0.15) is 0 Å². The molecule has 0 saturated carbocycles. The first-order chi connectivity index (χ1) is 9.34. The largest absolute Gasteiger partial charge is 0.273 e. The van der Waals surface area contributed by atoms with E-state index < -0.39 is 0 Å². The molecule has 1 aromatic carbocycles. The van der Waals surface area contributed by atoms with Gasteiger partial charge in [0.2, 0.25) is 5.91 Å². The number of amides is 1. The molecule has 0 radical (unpaired) electrons. The van der Waals surface area contributed by atoms with E-state index in [1.807, 2.05) is 48.5 Å². The molecule has 19 heavy (non-hydrogen) atoms. The molecule has 94 valence electrons. The number of carbonyl (C=O) groups is 1. The van der Waals surface area contributed by atoms with Gasteiger partial charge in [0.05, 0.1) is 11.4 Å². The van der Waals surface area contributed by atoms with Crippen LogP contribution >= 0.6 is 11.8 Å². The Bertz CT molecular complexity index is 613. The second-order valence-electron chi connectivity index (χ2n) is 3.94. The number of amidine groups is 1. The number of rotatable bonds is 2. The minimum Gasteiger partial charge on any atom is -0.273 e. The number of para-hydroxylation sites is 1. The van der Waals surface area contributed by atoms with E-state index in [1.165, 1.54) is 11.8 Å². The Kier molecular flexibility index (Phi) is 3.29. The number of nitrogens with zero attached hydrogens (tertiary/aromatic N) is 3. The average molecular weight is 269 g/mol. The first-order valence-electron chi connectivity index (χ1n) is 5.85. The molecular formula is C14H11N3OS. The van der Waals surface area contributed by atoms with Crippen LogP contribution in [-0.4, -0.2) is 21.8 Å². The van der Waals surface area contributed by atoms with E-state index in [0.29, 0.717) is 16.7 Å². The lowest BCUT2D eigenvalue weighted by molar-refractivity contribution is -0.115. The molecule has 1 fully saturated rings. The normalized spacial score (nSPS) is 17.2. The first kappa shape index (κ1) is 11.9. The standard InChI is InChI=1S/C14H11N3OS/c18-13-10-19-14(16-12-8-4-5-9-15-12)17(13)11-6-2-1-3-7-11/h1-9H,10H2/b16-14-. The van der Waals surface area contributed by atoms with Gasteiger partial charge >= 0.3 is 0 Å². The van der Waals surface area contributed by atoms with Gasteiger partial charge in [-0.15, -0.1) is 0 Å². The van der Waals surface area contributed by atoms with E-state index in [1.54, 1.807) is 11.1 Å². The Morgan fingerprint density at radius 1 is 1.11 bits per heavy atom. The fraction of sp³-hybridized carbons (Fsp3) is 0.0714. The summed E-state index contributed by atoms with van der Waals surface area (Å²) < 4.78 is 0. The van der Waals surface area contributed by atoms with Crippen LogP contribution in [0.1, 0.15) is 0 Å². The Morgan fingerprint density at radius 3 is 2.63 bits per heavy atom. The van der Waals surface area contributed by atoms with Gasteiger partial charge in [-0.1, -0.05) is 36.0 Å². The maximum Gasteiger partial charge on any atom is 0.243 e. The van der Waals surface area contributed by atoms with Crippen LogP contribution in [0.4, 0.5) is 11.5 Å². The van der Waals surface area contributed by atoms with Crippen LogP contribution in [0.25, 0.3) is 0 Å². The van der Waals surface area contributed by atoms with Crippen LogP contribution in [0.15, 0.2) is 59.7 Å². The number of hydrogen-bond acceptors (Lipinski definition) is 4. The number of pyridine rings is 1. The summed E-state index contributed by atoms with van der Waals surface area (Å²) in [6.45, 7) is 0. The molecule has 1 aliphatic rings. The Hall–Kier alpha value is -2.14. The second-order valence-corrected chi connectivity index (χ2v) is 4.88. The molecule has 2 heterocycles. The number of hydrogen-bond donors (Lipinski definition) is 0. The van der Waals surface area contributed by atoms with Gasteiger partial charge in [0.1, 0.15) is 0 Å². The van der Waals surface area contributed by atoms with Gasteiger partial charge in [-0.3, -0.25) is 9.69 Å². The van der Waals surface area contributed by atoms with Crippen molar-refractivity contribution in [2.75, 3.05) is 10.7 Å². The van der Waals surface area contributed by atoms with Crippen molar-refractivity contribution in [2.45, 2.75) is 0 Å². The van der Waals surface area contributed by atoms with Crippen molar-refractivity contribution in [3.05, 3.63) is 54.7 Å². The Morgan fingerprint density at radius 2 is 1.89 bits per heavy atom. The molecule has 0 N–H and O–H groups in total. The van der Waals surface area contributed by atoms with Crippen molar-refractivity contribution in [1.82, 2.24) is 4.98 Å². The van der Waals surface area contributed by atoms with Crippen molar-refractivity contribution >= 4 is 34.3 Å². The zero-order valence-electron chi connectivity index (χ0n) is 10.1. The van der Waals surface area contributed by atoms with Crippen LogP contribution < -0.4 is 4.90 Å². The van der Waals surface area contributed by atoms with Gasteiger partial charge in [0.25, 0.3) is 0 Å². The molecule has 5 heteroatoms. The minimum atomic E-state index is 0.0471. The first-order valence-corrected chi connectivity index (χ1v) is 6.84. The topological polar surface area (TPSA) is 45.6 Å². The molecule has 1 aliphatic heterocycles. The molecule has 1 amide bonds. The summed E-state index contributed by atoms with van der Waals surface area (Å²) in [4.78, 5) is 22.2. The highest BCUT2D eigenvalue weighted by molar-refractivity contribution is 8.15. The van der Waals surface area contributed by atoms with Gasteiger partial charge in [0.15, 0.2) is 11.0 Å². The molecule has 0 atom stereocenters. The summed E-state index contributed by atoms with van der Waals surface area (Å²) in [6.07, 6.45) is 1.69. The van der Waals surface area contributed by atoms with E-state index >= 15 is 0 Å². The smallest absolute Gasteiger partial charge is 0.243 e. The number of aliphatic imine (C=N–C) groups is 1. The van der Waals surface area contributed by atoms with Crippen LogP contribution in [0.5, 0.6) is 0 Å². The predicted molar refractivity (Wildman–Crippen MR) is 77.7 cm³/mol. The summed E-state index contributed by atoms with van der Waals surface area (Å²) in [5, 5.41) is 0.676. The highest BCUT2D eigenvalue weighted by Crippen LogP contribution is 2.27. The van der Waals surface area contributed by atoms with Gasteiger partial charge in [-0.25, -0.2) is 9.98 Å². The molecule has 1 aromatic heterocycles. The van der Waals surface area contributed by atoms with E-state index in [0.717, 1.165) is 5.69 Å². The summed E-state index contributed by atoms with van der Waals surface area (Å²) in [5.41, 5.74) is 0.840. The lowest BCUT2D eigenvalue weighted by Crippen LogP contribution is -2.28. The number of benzene rings is 1. The second kappa shape index (κ2) is 5.24. The molecular weight excluding hydrogens is 258 g/mol. The summed E-state index contributed by atoms with van der Waals surface area (Å²) in [5.74, 6) is 1.08. The fourth-order valence-electron chi connectivity index (χ4n) is 1.79. The average Bonchev–Trinajstić information content (AvgIpc) is 2.82. The summed E-state index contributed by atoms with van der Waals surface area (Å²) in [7, 11) is 0. The summed E-state index contributed by atoms with van der Waals surface area (Å²) >= 11 is 1.43. The lowest BCUT2D eigenvalue weighted by Gasteiger charge is -2.15. The lowest BCUT2D eigenvalue weighted by atomic mass is 10.3. The highest BCUT2D eigenvalue weighted by atomic mass is 32.2. The number of thioether (sulfide) groups is 1. The quantitative estimate of drug-likeness (QED) is 0.842. The van der Waals surface area contributed by atoms with Crippen molar-refractivity contribution in [3.63, 3.8) is 0 Å². The predicted octanol–water partition coefficient (Wildman–Crippen LogP) is 2.85. The van der Waals surface area contributed by atoms with E-state index in [9.17, 15) is 4.79 Å². The van der Waals surface area contributed by atoms with Gasteiger partial charge in [0, 0.05) is 6.20 Å². The third-order valence-corrected chi connectivity index (χ3v) is 3.56. The SMILES string of the molecule is O=C1CS/C(=N\c2ccccn2)N1c1ccccc1. The zero-order chi connectivity index (χ0) is 13.1. The molecule has 0 aliphatic carbocycles. The van der Waals surface area contributed by atoms with Crippen LogP contribution in [0.2, 0.25) is 0 Å². The van der Waals surface area contributed by atoms with Crippen molar-refractivity contribution < 1.29 is 4.79 Å². The van der Waals surface area contributed by atoms with E-state index in [-0.39, 0.29) is 5.91 Å². The highest BCUT2D eigenvalue weighted by Gasteiger charge is 2.29. The van der Waals surface area contributed by atoms with E-state index in [4.69, 9.17) is 0 Å². The molecule has 0 spiro atoms. The van der Waals surface area contributed by atoms with Gasteiger partial charge in [-0.05, 0) is 24.3 Å². The minimum absolute atomic E-state index is 0.0471. The molecule has 0 bridgehead atoms. The Balaban J connectivity index is 1.98.